The number of carbonyl (C=O) groups is 3. The van der Waals surface area contributed by atoms with Gasteiger partial charge in [0.15, 0.2) is 0 Å². The molecule has 0 aliphatic heterocycles. The van der Waals surface area contributed by atoms with Crippen LogP contribution in [-0.2, 0) is 27.2 Å². The summed E-state index contributed by atoms with van der Waals surface area (Å²) in [5.41, 5.74) is 3.87. The largest absolute Gasteiger partial charge is 0.462 e. The first-order valence-electron chi connectivity index (χ1n) is 10.7. The molecule has 3 N–H and O–H groups in total. The summed E-state index contributed by atoms with van der Waals surface area (Å²) in [5, 5.41) is 9.47. The minimum atomic E-state index is -0.378. The molecule has 0 saturated carbocycles. The van der Waals surface area contributed by atoms with Crippen molar-refractivity contribution in [1.29, 1.82) is 0 Å². The molecule has 1 heterocycles. The third-order valence-electron chi connectivity index (χ3n) is 5.18. The highest BCUT2D eigenvalue weighted by Gasteiger charge is 2.28. The van der Waals surface area contributed by atoms with E-state index < -0.39 is 0 Å². The van der Waals surface area contributed by atoms with Crippen LogP contribution < -0.4 is 16.0 Å². The van der Waals surface area contributed by atoms with E-state index in [2.05, 4.69) is 16.0 Å². The lowest BCUT2D eigenvalue weighted by Crippen LogP contribution is -2.23. The first-order valence-corrected chi connectivity index (χ1v) is 11.5. The van der Waals surface area contributed by atoms with Crippen molar-refractivity contribution in [3.8, 4) is 0 Å². The summed E-state index contributed by atoms with van der Waals surface area (Å²) >= 11 is 1.46. The van der Waals surface area contributed by atoms with Gasteiger partial charge in [0, 0.05) is 22.7 Å². The van der Waals surface area contributed by atoms with E-state index in [1.807, 2.05) is 32.0 Å². The van der Waals surface area contributed by atoms with Gasteiger partial charge in [0.1, 0.15) is 5.00 Å². The van der Waals surface area contributed by atoms with Gasteiger partial charge in [0.25, 0.3) is 0 Å². The van der Waals surface area contributed by atoms with Crippen LogP contribution in [0.5, 0.6) is 0 Å². The maximum atomic E-state index is 12.6. The van der Waals surface area contributed by atoms with E-state index in [4.69, 9.17) is 4.74 Å². The summed E-state index contributed by atoms with van der Waals surface area (Å²) in [6, 6.07) is 5.53. The van der Waals surface area contributed by atoms with Gasteiger partial charge in [-0.15, -0.1) is 11.3 Å². The number of thiophene rings is 1. The normalized spacial score (nSPS) is 12.2. The number of hydrogen-bond donors (Lipinski definition) is 3. The molecular formula is C23H29N3O4S. The molecule has 0 fully saturated rings. The van der Waals surface area contributed by atoms with Crippen LogP contribution in [0.15, 0.2) is 18.2 Å². The van der Waals surface area contributed by atoms with Gasteiger partial charge in [-0.05, 0) is 62.8 Å². The highest BCUT2D eigenvalue weighted by atomic mass is 32.1. The molecular weight excluding hydrogens is 414 g/mol. The smallest absolute Gasteiger partial charge is 0.341 e. The molecule has 0 unspecified atom stereocenters. The Morgan fingerprint density at radius 3 is 2.58 bits per heavy atom. The van der Waals surface area contributed by atoms with Crippen LogP contribution in [0.4, 0.5) is 16.4 Å². The second-order valence-corrected chi connectivity index (χ2v) is 8.57. The zero-order valence-electron chi connectivity index (χ0n) is 18.2. The van der Waals surface area contributed by atoms with Crippen LogP contribution in [0.2, 0.25) is 0 Å². The van der Waals surface area contributed by atoms with Crippen LogP contribution in [0, 0.1) is 6.92 Å². The zero-order valence-corrected chi connectivity index (χ0v) is 19.0. The summed E-state index contributed by atoms with van der Waals surface area (Å²) in [6.45, 7) is 5.96. The fraction of sp³-hybridized carbons (Fsp3) is 0.435. The quantitative estimate of drug-likeness (QED) is 0.496. The summed E-state index contributed by atoms with van der Waals surface area (Å²) in [6.07, 6.45) is 4.03. The van der Waals surface area contributed by atoms with Crippen molar-refractivity contribution < 1.29 is 19.1 Å². The van der Waals surface area contributed by atoms with Crippen molar-refractivity contribution in [1.82, 2.24) is 0 Å². The Morgan fingerprint density at radius 1 is 1.06 bits per heavy atom. The number of esters is 1. The molecule has 0 bridgehead atoms. The van der Waals surface area contributed by atoms with Crippen molar-refractivity contribution in [2.75, 3.05) is 29.1 Å². The number of carbonyl (C=O) groups excluding carboxylic acids is 3. The molecule has 1 aliphatic rings. The zero-order chi connectivity index (χ0) is 22.4. The van der Waals surface area contributed by atoms with E-state index in [9.17, 15) is 14.4 Å². The Labute approximate surface area is 186 Å². The molecule has 0 radical (unpaired) electrons. The average Bonchev–Trinajstić information content (AvgIpc) is 3.29. The van der Waals surface area contributed by atoms with Crippen molar-refractivity contribution >= 4 is 45.5 Å². The van der Waals surface area contributed by atoms with Crippen LogP contribution in [-0.4, -0.2) is 30.9 Å². The maximum absolute atomic E-state index is 12.6. The molecule has 166 valence electrons. The number of hydrogen-bond acceptors (Lipinski definition) is 6. The fourth-order valence-electron chi connectivity index (χ4n) is 3.66. The summed E-state index contributed by atoms with van der Waals surface area (Å²) in [7, 11) is 0. The maximum Gasteiger partial charge on any atom is 0.341 e. The average molecular weight is 444 g/mol. The summed E-state index contributed by atoms with van der Waals surface area (Å²) < 4.78 is 5.21. The van der Waals surface area contributed by atoms with E-state index >= 15 is 0 Å². The van der Waals surface area contributed by atoms with E-state index in [-0.39, 0.29) is 24.3 Å². The molecule has 8 heteroatoms. The minimum Gasteiger partial charge on any atom is -0.462 e. The number of nitrogens with one attached hydrogen (secondary N) is 3. The molecule has 1 aliphatic carbocycles. The molecule has 0 spiro atoms. The van der Waals surface area contributed by atoms with Crippen LogP contribution in [0.3, 0.4) is 0 Å². The number of aryl methyl sites for hydroxylation is 1. The Kier molecular flexibility index (Phi) is 7.68. The lowest BCUT2D eigenvalue weighted by atomic mass is 10.1. The van der Waals surface area contributed by atoms with Crippen LogP contribution in [0.1, 0.15) is 59.5 Å². The van der Waals surface area contributed by atoms with Crippen LogP contribution >= 0.6 is 11.3 Å². The summed E-state index contributed by atoms with van der Waals surface area (Å²) in [5.74, 6) is -0.653. The van der Waals surface area contributed by atoms with Gasteiger partial charge in [-0.2, -0.15) is 0 Å². The lowest BCUT2D eigenvalue weighted by molar-refractivity contribution is -0.116. The number of amides is 2. The molecule has 0 atom stereocenters. The van der Waals surface area contributed by atoms with Crippen molar-refractivity contribution in [2.24, 2.45) is 0 Å². The van der Waals surface area contributed by atoms with Gasteiger partial charge in [0.05, 0.1) is 18.7 Å². The molecule has 7 nitrogen and oxygen atoms in total. The van der Waals surface area contributed by atoms with E-state index in [0.717, 1.165) is 53.1 Å². The van der Waals surface area contributed by atoms with E-state index in [1.165, 1.54) is 11.3 Å². The first-order chi connectivity index (χ1) is 14.9. The lowest BCUT2D eigenvalue weighted by Gasteiger charge is -2.14. The Morgan fingerprint density at radius 2 is 1.84 bits per heavy atom. The monoisotopic (exact) mass is 443 g/mol. The fourth-order valence-corrected chi connectivity index (χ4v) is 4.95. The minimum absolute atomic E-state index is 0.0299. The van der Waals surface area contributed by atoms with Crippen molar-refractivity contribution in [2.45, 2.75) is 52.9 Å². The number of benzene rings is 1. The highest BCUT2D eigenvalue weighted by molar-refractivity contribution is 7.17. The standard InChI is InChI=1S/C23H29N3O4S/c1-4-8-19(27)25-17-11-7-10-16(14(17)3)24-13-20(28)26-22-21(23(29)30-5-2)15-9-6-12-18(15)31-22/h7,10-11,24H,4-6,8-9,12-13H2,1-3H3,(H,25,27)(H,26,28). The Bertz CT molecular complexity index is 983. The number of anilines is 3. The molecule has 0 saturated heterocycles. The van der Waals surface area contributed by atoms with Gasteiger partial charge in [0.2, 0.25) is 11.8 Å². The van der Waals surface area contributed by atoms with Crippen LogP contribution in [0.25, 0.3) is 0 Å². The van der Waals surface area contributed by atoms with Gasteiger partial charge >= 0.3 is 5.97 Å². The highest BCUT2D eigenvalue weighted by Crippen LogP contribution is 2.39. The van der Waals surface area contributed by atoms with Gasteiger partial charge in [-0.25, -0.2) is 4.79 Å². The third-order valence-corrected chi connectivity index (χ3v) is 6.39. The first kappa shape index (κ1) is 22.8. The number of ether oxygens (including phenoxy) is 1. The van der Waals surface area contributed by atoms with Crippen molar-refractivity contribution in [3.05, 3.63) is 39.8 Å². The van der Waals surface area contributed by atoms with E-state index in [0.29, 0.717) is 23.6 Å². The number of fused-ring (bicyclic) bond motifs is 1. The molecule has 3 rings (SSSR count). The predicted molar refractivity (Wildman–Crippen MR) is 124 cm³/mol. The SMILES string of the molecule is CCCC(=O)Nc1cccc(NCC(=O)Nc2sc3c(c2C(=O)OCC)CCC3)c1C. The van der Waals surface area contributed by atoms with Gasteiger partial charge in [-0.3, -0.25) is 9.59 Å². The number of rotatable bonds is 9. The molecule has 1 aromatic heterocycles. The van der Waals surface area contributed by atoms with E-state index in [1.54, 1.807) is 6.92 Å². The van der Waals surface area contributed by atoms with Gasteiger partial charge < -0.3 is 20.7 Å². The third kappa shape index (κ3) is 5.44. The molecule has 1 aromatic carbocycles. The Balaban J connectivity index is 1.66. The van der Waals surface area contributed by atoms with Crippen molar-refractivity contribution in [3.63, 3.8) is 0 Å². The predicted octanol–water partition coefficient (Wildman–Crippen LogP) is 4.51. The second kappa shape index (κ2) is 10.4. The second-order valence-electron chi connectivity index (χ2n) is 7.46. The molecule has 2 aromatic rings. The molecule has 2 amide bonds. The Hall–Kier alpha value is -2.87. The molecule has 31 heavy (non-hydrogen) atoms. The summed E-state index contributed by atoms with van der Waals surface area (Å²) in [4.78, 5) is 38.1. The topological polar surface area (TPSA) is 96.5 Å². The van der Waals surface area contributed by atoms with Gasteiger partial charge in [-0.1, -0.05) is 13.0 Å².